The minimum atomic E-state index is 0.0316. The Kier molecular flexibility index (Phi) is 4.06. The van der Waals surface area contributed by atoms with Gasteiger partial charge in [0.15, 0.2) is 0 Å². The number of fused-ring (bicyclic) bond motifs is 1. The minimum Gasteiger partial charge on any atom is -0.357 e. The molecule has 0 bridgehead atoms. The predicted molar refractivity (Wildman–Crippen MR) is 82.2 cm³/mol. The lowest BCUT2D eigenvalue weighted by molar-refractivity contribution is -0.125. The molecule has 0 saturated carbocycles. The Bertz CT molecular complexity index is 623. The first-order valence-electron chi connectivity index (χ1n) is 7.44. The Hall–Kier alpha value is -2.08. The third-order valence-corrected chi connectivity index (χ3v) is 3.97. The van der Waals surface area contributed by atoms with E-state index in [1.54, 1.807) is 6.20 Å². The lowest BCUT2D eigenvalue weighted by atomic mass is 9.97. The second-order valence-corrected chi connectivity index (χ2v) is 5.40. The number of hydrogen-bond donors (Lipinski definition) is 2. The normalized spacial score (nSPS) is 18.9. The summed E-state index contributed by atoms with van der Waals surface area (Å²) in [4.78, 5) is 18.7. The summed E-state index contributed by atoms with van der Waals surface area (Å²) in [5.41, 5.74) is 6.37. The number of nitrogens with zero attached hydrogens (tertiary/aromatic N) is 3. The number of aromatic nitrogens is 2. The van der Waals surface area contributed by atoms with Crippen molar-refractivity contribution in [3.8, 4) is 0 Å². The summed E-state index contributed by atoms with van der Waals surface area (Å²) in [5, 5.41) is 2.90. The molecule has 0 aromatic carbocycles. The highest BCUT2D eigenvalue weighted by atomic mass is 16.1. The van der Waals surface area contributed by atoms with Crippen LogP contribution in [0.2, 0.25) is 0 Å². The van der Waals surface area contributed by atoms with Crippen LogP contribution in [0.3, 0.4) is 0 Å². The summed E-state index contributed by atoms with van der Waals surface area (Å²) in [5.74, 6) is 1.24. The minimum absolute atomic E-state index is 0.0316. The zero-order valence-electron chi connectivity index (χ0n) is 12.0. The topological polar surface area (TPSA) is 75.7 Å². The highest BCUT2D eigenvalue weighted by molar-refractivity contribution is 5.79. The largest absolute Gasteiger partial charge is 0.357 e. The van der Waals surface area contributed by atoms with Crippen LogP contribution in [0, 0.1) is 5.92 Å². The molecule has 1 amide bonds. The van der Waals surface area contributed by atoms with Crippen molar-refractivity contribution in [2.45, 2.75) is 12.8 Å². The number of anilines is 1. The lowest BCUT2D eigenvalue weighted by Crippen LogP contribution is -2.44. The highest BCUT2D eigenvalue weighted by Crippen LogP contribution is 2.24. The molecule has 6 nitrogen and oxygen atoms in total. The van der Waals surface area contributed by atoms with Gasteiger partial charge in [-0.3, -0.25) is 9.20 Å². The van der Waals surface area contributed by atoms with Crippen molar-refractivity contribution in [3.63, 3.8) is 0 Å². The Morgan fingerprint density at radius 3 is 3.24 bits per heavy atom. The lowest BCUT2D eigenvalue weighted by Gasteiger charge is -2.34. The standard InChI is InChI=1S/C15H21N5O/c16-6-7-18-15(21)12-3-2-9-19(11-12)14-5-1-4-13-17-8-10-20(13)14/h1,4-5,8,10,12H,2-3,6-7,9,11,16H2,(H,18,21). The van der Waals surface area contributed by atoms with Gasteiger partial charge in [0.25, 0.3) is 0 Å². The number of pyridine rings is 1. The molecule has 3 N–H and O–H groups in total. The van der Waals surface area contributed by atoms with E-state index in [2.05, 4.69) is 25.7 Å². The average molecular weight is 287 g/mol. The van der Waals surface area contributed by atoms with E-state index >= 15 is 0 Å². The smallest absolute Gasteiger partial charge is 0.224 e. The number of piperidine rings is 1. The fourth-order valence-electron chi connectivity index (χ4n) is 2.93. The van der Waals surface area contributed by atoms with Crippen LogP contribution in [-0.2, 0) is 4.79 Å². The molecule has 1 aliphatic heterocycles. The number of rotatable bonds is 4. The van der Waals surface area contributed by atoms with Gasteiger partial charge in [0.2, 0.25) is 5.91 Å². The fraction of sp³-hybridized carbons (Fsp3) is 0.467. The van der Waals surface area contributed by atoms with Gasteiger partial charge in [0.05, 0.1) is 5.92 Å². The van der Waals surface area contributed by atoms with Crippen molar-refractivity contribution in [1.29, 1.82) is 0 Å². The SMILES string of the molecule is NCCNC(=O)C1CCCN(c2cccc3nccn23)C1. The van der Waals surface area contributed by atoms with Crippen LogP contribution >= 0.6 is 0 Å². The molecular weight excluding hydrogens is 266 g/mol. The van der Waals surface area contributed by atoms with Crippen molar-refractivity contribution in [1.82, 2.24) is 14.7 Å². The summed E-state index contributed by atoms with van der Waals surface area (Å²) in [6, 6.07) is 6.07. The summed E-state index contributed by atoms with van der Waals surface area (Å²) >= 11 is 0. The van der Waals surface area contributed by atoms with Crippen LogP contribution in [-0.4, -0.2) is 41.5 Å². The number of amides is 1. The van der Waals surface area contributed by atoms with Gasteiger partial charge in [0, 0.05) is 38.6 Å². The molecule has 3 rings (SSSR count). The number of hydrogen-bond acceptors (Lipinski definition) is 4. The summed E-state index contributed by atoms with van der Waals surface area (Å²) in [6.45, 7) is 2.74. The number of carbonyl (C=O) groups excluding carboxylic acids is 1. The molecule has 21 heavy (non-hydrogen) atoms. The van der Waals surface area contributed by atoms with Gasteiger partial charge in [-0.1, -0.05) is 6.07 Å². The van der Waals surface area contributed by atoms with Crippen molar-refractivity contribution >= 4 is 17.4 Å². The van der Waals surface area contributed by atoms with E-state index in [1.807, 2.05) is 18.3 Å². The highest BCUT2D eigenvalue weighted by Gasteiger charge is 2.26. The number of carbonyl (C=O) groups is 1. The second-order valence-electron chi connectivity index (χ2n) is 5.40. The molecule has 1 aliphatic rings. The van der Waals surface area contributed by atoms with E-state index in [4.69, 9.17) is 5.73 Å². The Morgan fingerprint density at radius 1 is 1.48 bits per heavy atom. The van der Waals surface area contributed by atoms with Crippen LogP contribution < -0.4 is 16.0 Å². The first-order valence-corrected chi connectivity index (χ1v) is 7.44. The first kappa shape index (κ1) is 13.9. The number of nitrogens with two attached hydrogens (primary N) is 1. The van der Waals surface area contributed by atoms with Gasteiger partial charge in [-0.15, -0.1) is 0 Å². The maximum absolute atomic E-state index is 12.1. The first-order chi connectivity index (χ1) is 10.3. The zero-order valence-corrected chi connectivity index (χ0v) is 12.0. The van der Waals surface area contributed by atoms with Crippen LogP contribution in [0.25, 0.3) is 5.65 Å². The van der Waals surface area contributed by atoms with Crippen LogP contribution in [0.4, 0.5) is 5.82 Å². The van der Waals surface area contributed by atoms with Crippen molar-refractivity contribution in [2.75, 3.05) is 31.1 Å². The zero-order chi connectivity index (χ0) is 14.7. The van der Waals surface area contributed by atoms with Crippen LogP contribution in [0.15, 0.2) is 30.6 Å². The monoisotopic (exact) mass is 287 g/mol. The van der Waals surface area contributed by atoms with Gasteiger partial charge in [0.1, 0.15) is 11.5 Å². The van der Waals surface area contributed by atoms with Gasteiger partial charge in [-0.05, 0) is 25.0 Å². The molecule has 6 heteroatoms. The maximum Gasteiger partial charge on any atom is 0.224 e. The van der Waals surface area contributed by atoms with Gasteiger partial charge >= 0.3 is 0 Å². The molecule has 3 heterocycles. The van der Waals surface area contributed by atoms with Crippen molar-refractivity contribution in [3.05, 3.63) is 30.6 Å². The van der Waals surface area contributed by atoms with Gasteiger partial charge in [-0.2, -0.15) is 0 Å². The van der Waals surface area contributed by atoms with E-state index in [0.29, 0.717) is 13.1 Å². The van der Waals surface area contributed by atoms with Crippen LogP contribution in [0.5, 0.6) is 0 Å². The molecule has 1 saturated heterocycles. The molecule has 0 spiro atoms. The van der Waals surface area contributed by atoms with Gasteiger partial charge in [-0.25, -0.2) is 4.98 Å². The maximum atomic E-state index is 12.1. The Labute approximate surface area is 123 Å². The van der Waals surface area contributed by atoms with Crippen molar-refractivity contribution < 1.29 is 4.79 Å². The van der Waals surface area contributed by atoms with Crippen molar-refractivity contribution in [2.24, 2.45) is 11.7 Å². The molecule has 2 aromatic rings. The Morgan fingerprint density at radius 2 is 2.38 bits per heavy atom. The molecule has 0 radical (unpaired) electrons. The molecule has 1 atom stereocenters. The number of nitrogens with one attached hydrogen (secondary N) is 1. The van der Waals surface area contributed by atoms with E-state index in [9.17, 15) is 4.79 Å². The number of imidazole rings is 1. The second kappa shape index (κ2) is 6.13. The Balaban J connectivity index is 1.77. The third kappa shape index (κ3) is 2.85. The molecule has 2 aromatic heterocycles. The predicted octanol–water partition coefficient (Wildman–Crippen LogP) is 0.626. The average Bonchev–Trinajstić information content (AvgIpc) is 3.01. The molecule has 1 fully saturated rings. The van der Waals surface area contributed by atoms with E-state index in [-0.39, 0.29) is 11.8 Å². The van der Waals surface area contributed by atoms with Gasteiger partial charge < -0.3 is 16.0 Å². The quantitative estimate of drug-likeness (QED) is 0.864. The van der Waals surface area contributed by atoms with E-state index < -0.39 is 0 Å². The summed E-state index contributed by atoms with van der Waals surface area (Å²) < 4.78 is 2.07. The summed E-state index contributed by atoms with van der Waals surface area (Å²) in [6.07, 6.45) is 5.72. The van der Waals surface area contributed by atoms with Crippen LogP contribution in [0.1, 0.15) is 12.8 Å². The molecular formula is C15H21N5O. The molecule has 1 unspecified atom stereocenters. The summed E-state index contributed by atoms with van der Waals surface area (Å²) in [7, 11) is 0. The molecule has 112 valence electrons. The van der Waals surface area contributed by atoms with E-state index in [1.165, 1.54) is 0 Å². The third-order valence-electron chi connectivity index (χ3n) is 3.97. The van der Waals surface area contributed by atoms with E-state index in [0.717, 1.165) is 37.4 Å². The fourth-order valence-corrected chi connectivity index (χ4v) is 2.93. The molecule has 0 aliphatic carbocycles.